The standard InChI is InChI=1S/C15H24N2O4/c1-20-11-13-5-6-14(21-13)15(19)16-7-9-17-8-3-2-4-12(17)10-18/h5-6,12,18H,2-4,7-11H2,1H3,(H,16,19)/t12-/m0/s1. The molecule has 1 atom stereocenters. The van der Waals surface area contributed by atoms with Gasteiger partial charge in [-0.15, -0.1) is 0 Å². The van der Waals surface area contributed by atoms with Crippen molar-refractivity contribution < 1.29 is 19.1 Å². The number of rotatable bonds is 7. The SMILES string of the molecule is COCc1ccc(C(=O)NCCN2CCCC[C@H]2CO)o1. The highest BCUT2D eigenvalue weighted by molar-refractivity contribution is 5.91. The molecule has 0 aromatic carbocycles. The van der Waals surface area contributed by atoms with Crippen LogP contribution >= 0.6 is 0 Å². The van der Waals surface area contributed by atoms with Crippen molar-refractivity contribution in [2.75, 3.05) is 33.4 Å². The molecule has 2 N–H and O–H groups in total. The molecule has 6 heteroatoms. The third-order valence-electron chi connectivity index (χ3n) is 3.82. The largest absolute Gasteiger partial charge is 0.453 e. The van der Waals surface area contributed by atoms with E-state index in [1.165, 1.54) is 6.42 Å². The molecule has 1 saturated heterocycles. The third-order valence-corrected chi connectivity index (χ3v) is 3.82. The molecule has 1 aromatic heterocycles. The summed E-state index contributed by atoms with van der Waals surface area (Å²) in [6.45, 7) is 2.84. The van der Waals surface area contributed by atoms with E-state index in [0.29, 0.717) is 24.7 Å². The zero-order valence-corrected chi connectivity index (χ0v) is 12.5. The Balaban J connectivity index is 1.75. The van der Waals surface area contributed by atoms with Gasteiger partial charge in [0.05, 0.1) is 6.61 Å². The number of carbonyl (C=O) groups is 1. The molecule has 6 nitrogen and oxygen atoms in total. The van der Waals surface area contributed by atoms with Crippen molar-refractivity contribution in [3.63, 3.8) is 0 Å². The second kappa shape index (κ2) is 8.17. The monoisotopic (exact) mass is 296 g/mol. The fraction of sp³-hybridized carbons (Fsp3) is 0.667. The van der Waals surface area contributed by atoms with E-state index in [0.717, 1.165) is 25.9 Å². The number of methoxy groups -OCH3 is 1. The van der Waals surface area contributed by atoms with Gasteiger partial charge in [-0.05, 0) is 31.5 Å². The highest BCUT2D eigenvalue weighted by Crippen LogP contribution is 2.15. The van der Waals surface area contributed by atoms with Gasteiger partial charge in [-0.2, -0.15) is 0 Å². The molecule has 1 amide bonds. The van der Waals surface area contributed by atoms with Crippen LogP contribution in [0.25, 0.3) is 0 Å². The van der Waals surface area contributed by atoms with Gasteiger partial charge < -0.3 is 19.6 Å². The molecule has 2 rings (SSSR count). The molecule has 0 bridgehead atoms. The molecule has 118 valence electrons. The molecular weight excluding hydrogens is 272 g/mol. The van der Waals surface area contributed by atoms with Gasteiger partial charge in [0.2, 0.25) is 0 Å². The van der Waals surface area contributed by atoms with Crippen molar-refractivity contribution in [2.24, 2.45) is 0 Å². The lowest BCUT2D eigenvalue weighted by molar-refractivity contribution is 0.0831. The molecule has 21 heavy (non-hydrogen) atoms. The van der Waals surface area contributed by atoms with Crippen LogP contribution in [0.3, 0.4) is 0 Å². The number of ether oxygens (including phenoxy) is 1. The van der Waals surface area contributed by atoms with Crippen LogP contribution in [0.4, 0.5) is 0 Å². The van der Waals surface area contributed by atoms with E-state index in [4.69, 9.17) is 9.15 Å². The lowest BCUT2D eigenvalue weighted by Crippen LogP contribution is -2.45. The van der Waals surface area contributed by atoms with Crippen LogP contribution in [-0.2, 0) is 11.3 Å². The van der Waals surface area contributed by atoms with Crippen LogP contribution in [0.15, 0.2) is 16.5 Å². The van der Waals surface area contributed by atoms with E-state index in [2.05, 4.69) is 10.2 Å². The molecule has 1 aliphatic rings. The number of aliphatic hydroxyl groups is 1. The van der Waals surface area contributed by atoms with Gasteiger partial charge in [-0.3, -0.25) is 9.69 Å². The van der Waals surface area contributed by atoms with Crippen molar-refractivity contribution in [3.8, 4) is 0 Å². The first kappa shape index (κ1) is 16.0. The summed E-state index contributed by atoms with van der Waals surface area (Å²) in [5, 5.41) is 12.2. The fourth-order valence-electron chi connectivity index (χ4n) is 2.68. The van der Waals surface area contributed by atoms with Gasteiger partial charge in [-0.1, -0.05) is 6.42 Å². The molecule has 0 radical (unpaired) electrons. The molecular formula is C15H24N2O4. The zero-order chi connectivity index (χ0) is 15.1. The van der Waals surface area contributed by atoms with Crippen molar-refractivity contribution >= 4 is 5.91 Å². The number of nitrogens with zero attached hydrogens (tertiary/aromatic N) is 1. The number of furan rings is 1. The van der Waals surface area contributed by atoms with Gasteiger partial charge in [0.1, 0.15) is 12.4 Å². The maximum Gasteiger partial charge on any atom is 0.287 e. The van der Waals surface area contributed by atoms with Crippen molar-refractivity contribution in [1.82, 2.24) is 10.2 Å². The van der Waals surface area contributed by atoms with Gasteiger partial charge in [0.25, 0.3) is 5.91 Å². The zero-order valence-electron chi connectivity index (χ0n) is 12.5. The molecule has 0 saturated carbocycles. The first-order valence-electron chi connectivity index (χ1n) is 7.45. The number of hydrogen-bond acceptors (Lipinski definition) is 5. The highest BCUT2D eigenvalue weighted by atomic mass is 16.5. The summed E-state index contributed by atoms with van der Waals surface area (Å²) in [6, 6.07) is 3.62. The lowest BCUT2D eigenvalue weighted by atomic mass is 10.0. The topological polar surface area (TPSA) is 74.9 Å². The summed E-state index contributed by atoms with van der Waals surface area (Å²) in [6.07, 6.45) is 3.36. The molecule has 0 spiro atoms. The van der Waals surface area contributed by atoms with E-state index < -0.39 is 0 Å². The Kier molecular flexibility index (Phi) is 6.22. The number of likely N-dealkylation sites (tertiary alicyclic amines) is 1. The van der Waals surface area contributed by atoms with E-state index in [1.807, 2.05) is 0 Å². The maximum absolute atomic E-state index is 11.9. The summed E-state index contributed by atoms with van der Waals surface area (Å²) in [4.78, 5) is 14.2. The number of nitrogens with one attached hydrogen (secondary N) is 1. The Morgan fingerprint density at radius 3 is 3.14 bits per heavy atom. The Morgan fingerprint density at radius 1 is 1.52 bits per heavy atom. The lowest BCUT2D eigenvalue weighted by Gasteiger charge is -2.34. The Labute approximate surface area is 125 Å². The molecule has 0 unspecified atom stereocenters. The second-order valence-electron chi connectivity index (χ2n) is 5.32. The smallest absolute Gasteiger partial charge is 0.287 e. The summed E-state index contributed by atoms with van der Waals surface area (Å²) >= 11 is 0. The molecule has 0 aliphatic carbocycles. The van der Waals surface area contributed by atoms with Gasteiger partial charge in [-0.25, -0.2) is 0 Å². The number of carbonyl (C=O) groups excluding carboxylic acids is 1. The van der Waals surface area contributed by atoms with Crippen molar-refractivity contribution in [1.29, 1.82) is 0 Å². The Hall–Kier alpha value is -1.37. The third kappa shape index (κ3) is 4.56. The van der Waals surface area contributed by atoms with E-state index >= 15 is 0 Å². The van der Waals surface area contributed by atoms with Crippen LogP contribution in [-0.4, -0.2) is 55.3 Å². The minimum atomic E-state index is -0.213. The number of amides is 1. The first-order valence-corrected chi connectivity index (χ1v) is 7.45. The van der Waals surface area contributed by atoms with Crippen LogP contribution in [0, 0.1) is 0 Å². The Bertz CT molecular complexity index is 447. The van der Waals surface area contributed by atoms with Crippen LogP contribution in [0.2, 0.25) is 0 Å². The van der Waals surface area contributed by atoms with Crippen molar-refractivity contribution in [3.05, 3.63) is 23.7 Å². The maximum atomic E-state index is 11.9. The second-order valence-corrected chi connectivity index (χ2v) is 5.32. The van der Waals surface area contributed by atoms with Crippen molar-refractivity contribution in [2.45, 2.75) is 31.9 Å². The first-order chi connectivity index (χ1) is 10.2. The molecule has 2 heterocycles. The van der Waals surface area contributed by atoms with E-state index in [1.54, 1.807) is 19.2 Å². The molecule has 1 aliphatic heterocycles. The number of hydrogen-bond donors (Lipinski definition) is 2. The van der Waals surface area contributed by atoms with Crippen LogP contribution < -0.4 is 5.32 Å². The predicted octanol–water partition coefficient (Wildman–Crippen LogP) is 1.00. The number of piperidine rings is 1. The Morgan fingerprint density at radius 2 is 2.38 bits per heavy atom. The minimum absolute atomic E-state index is 0.187. The van der Waals surface area contributed by atoms with Gasteiger partial charge in [0.15, 0.2) is 5.76 Å². The normalized spacial score (nSPS) is 19.6. The summed E-state index contributed by atoms with van der Waals surface area (Å²) in [5.74, 6) is 0.730. The average molecular weight is 296 g/mol. The average Bonchev–Trinajstić information content (AvgIpc) is 2.97. The minimum Gasteiger partial charge on any atom is -0.453 e. The van der Waals surface area contributed by atoms with E-state index in [9.17, 15) is 9.90 Å². The quantitative estimate of drug-likeness (QED) is 0.785. The summed E-state index contributed by atoms with van der Waals surface area (Å²) in [7, 11) is 1.58. The van der Waals surface area contributed by atoms with Gasteiger partial charge >= 0.3 is 0 Å². The molecule has 1 fully saturated rings. The van der Waals surface area contributed by atoms with Crippen LogP contribution in [0.5, 0.6) is 0 Å². The van der Waals surface area contributed by atoms with Gasteiger partial charge in [0, 0.05) is 26.2 Å². The highest BCUT2D eigenvalue weighted by Gasteiger charge is 2.21. The number of aliphatic hydroxyl groups excluding tert-OH is 1. The molecule has 1 aromatic rings. The van der Waals surface area contributed by atoms with Crippen LogP contribution in [0.1, 0.15) is 35.6 Å². The van der Waals surface area contributed by atoms with E-state index in [-0.39, 0.29) is 18.6 Å². The predicted molar refractivity (Wildman–Crippen MR) is 78.1 cm³/mol. The fourth-order valence-corrected chi connectivity index (χ4v) is 2.68. The summed E-state index contributed by atoms with van der Waals surface area (Å²) in [5.41, 5.74) is 0. The summed E-state index contributed by atoms with van der Waals surface area (Å²) < 4.78 is 10.3.